The first kappa shape index (κ1) is 22.7. The Labute approximate surface area is 77.5 Å². The Morgan fingerprint density at radius 3 is 1.10 bits per heavy atom. The zero-order chi connectivity index (χ0) is 7.15. The van der Waals surface area contributed by atoms with E-state index in [9.17, 15) is 0 Å². The Morgan fingerprint density at radius 2 is 1.10 bits per heavy atom. The van der Waals surface area contributed by atoms with Crippen LogP contribution in [0.1, 0.15) is 0 Å². The number of hydrogen-bond donors (Lipinski definition) is 3. The Kier molecular flexibility index (Phi) is 35.9. The van der Waals surface area contributed by atoms with Gasteiger partial charge in [0.15, 0.2) is 0 Å². The number of hydrogen-bond acceptors (Lipinski definition) is 3. The molecule has 0 saturated heterocycles. The van der Waals surface area contributed by atoms with Gasteiger partial charge in [0.05, 0.1) is 0 Å². The molecule has 0 fully saturated rings. The minimum absolute atomic E-state index is 0. The van der Waals surface area contributed by atoms with Crippen molar-refractivity contribution in [1.29, 1.82) is 0 Å². The monoisotopic (exact) mass is 164 g/mol. The van der Waals surface area contributed by atoms with Crippen LogP contribution in [0.15, 0.2) is 0 Å². The second-order valence-electron chi connectivity index (χ2n) is 0.548. The molecule has 7 nitrogen and oxygen atoms in total. The molecule has 8 heteroatoms. The SMILES string of the molecule is O.O=C(O)O.O=C([O-])O.[Na+]. The summed E-state index contributed by atoms with van der Waals surface area (Å²) in [6.07, 6.45) is -3.92. The number of carboxylic acid groups (broad SMARTS) is 4. The summed E-state index contributed by atoms with van der Waals surface area (Å²) in [5.74, 6) is 0. The van der Waals surface area contributed by atoms with Gasteiger partial charge in [-0.1, -0.05) is 0 Å². The summed E-state index contributed by atoms with van der Waals surface area (Å²) in [5.41, 5.74) is 0. The second-order valence-corrected chi connectivity index (χ2v) is 0.548. The second kappa shape index (κ2) is 15.8. The van der Waals surface area contributed by atoms with Crippen molar-refractivity contribution < 1.29 is 65.0 Å². The summed E-state index contributed by atoms with van der Waals surface area (Å²) >= 11 is 0. The molecule has 0 aromatic rings. The van der Waals surface area contributed by atoms with Gasteiger partial charge in [0.1, 0.15) is 0 Å². The smallest absolute Gasteiger partial charge is 0.565 e. The van der Waals surface area contributed by atoms with E-state index in [-0.39, 0.29) is 35.0 Å². The van der Waals surface area contributed by atoms with Crippen LogP contribution < -0.4 is 34.7 Å². The minimum atomic E-state index is -2.08. The zero-order valence-corrected chi connectivity index (χ0v) is 7.07. The van der Waals surface area contributed by atoms with E-state index in [1.807, 2.05) is 0 Å². The summed E-state index contributed by atoms with van der Waals surface area (Å²) in [5, 5.41) is 29.2. The molecule has 0 aliphatic carbocycles. The predicted molar refractivity (Wildman–Crippen MR) is 22.3 cm³/mol. The van der Waals surface area contributed by atoms with Gasteiger partial charge in [0, 0.05) is 0 Å². The molecular formula is C2H5NaO7. The van der Waals surface area contributed by atoms with Crippen LogP contribution in [-0.2, 0) is 0 Å². The first-order chi connectivity index (χ1) is 3.46. The maximum absolute atomic E-state index is 8.56. The van der Waals surface area contributed by atoms with E-state index in [1.165, 1.54) is 0 Å². The van der Waals surface area contributed by atoms with Gasteiger partial charge in [-0.2, -0.15) is 0 Å². The first-order valence-electron chi connectivity index (χ1n) is 1.28. The molecule has 56 valence electrons. The first-order valence-corrected chi connectivity index (χ1v) is 1.28. The van der Waals surface area contributed by atoms with Gasteiger partial charge in [-0.3, -0.25) is 0 Å². The topological polar surface area (TPSA) is 149 Å². The Hall–Kier alpha value is -0.500. The van der Waals surface area contributed by atoms with E-state index < -0.39 is 12.3 Å². The summed E-state index contributed by atoms with van der Waals surface area (Å²) in [7, 11) is 0. The molecule has 0 aromatic heterocycles. The van der Waals surface area contributed by atoms with E-state index in [0.717, 1.165) is 0 Å². The average molecular weight is 164 g/mol. The van der Waals surface area contributed by atoms with Crippen molar-refractivity contribution in [2.24, 2.45) is 0 Å². The third kappa shape index (κ3) is 1270. The maximum atomic E-state index is 8.56. The van der Waals surface area contributed by atoms with Crippen LogP contribution in [-0.4, -0.2) is 33.1 Å². The molecule has 0 amide bonds. The van der Waals surface area contributed by atoms with Crippen molar-refractivity contribution in [2.45, 2.75) is 0 Å². The van der Waals surface area contributed by atoms with Crippen molar-refractivity contribution in [3.8, 4) is 0 Å². The van der Waals surface area contributed by atoms with Crippen LogP contribution in [0.3, 0.4) is 0 Å². The number of rotatable bonds is 0. The molecule has 0 saturated carbocycles. The van der Waals surface area contributed by atoms with E-state index >= 15 is 0 Å². The average Bonchev–Trinajstić information content (AvgIpc) is 1.25. The van der Waals surface area contributed by atoms with Crippen LogP contribution in [0.25, 0.3) is 0 Å². The van der Waals surface area contributed by atoms with E-state index in [4.69, 9.17) is 30.0 Å². The third-order valence-corrected chi connectivity index (χ3v) is 0. The molecule has 0 rings (SSSR count). The molecule has 0 atom stereocenters. The molecule has 0 aliphatic heterocycles. The van der Waals surface area contributed by atoms with Gasteiger partial charge >= 0.3 is 35.7 Å². The fourth-order valence-electron chi connectivity index (χ4n) is 0. The van der Waals surface area contributed by atoms with Crippen LogP contribution in [0.2, 0.25) is 0 Å². The minimum Gasteiger partial charge on any atom is -0.565 e. The molecule has 0 bridgehead atoms. The molecule has 0 spiro atoms. The molecule has 0 aromatic carbocycles. The maximum Gasteiger partial charge on any atom is 1.00 e. The van der Waals surface area contributed by atoms with E-state index in [2.05, 4.69) is 0 Å². The van der Waals surface area contributed by atoms with Gasteiger partial charge < -0.3 is 30.7 Å². The van der Waals surface area contributed by atoms with Crippen molar-refractivity contribution >= 4 is 12.3 Å². The van der Waals surface area contributed by atoms with E-state index in [0.29, 0.717) is 0 Å². The fraction of sp³-hybridized carbons (Fsp3) is 0. The van der Waals surface area contributed by atoms with E-state index in [1.54, 1.807) is 0 Å². The number of carbonyl (C=O) groups is 2. The third-order valence-electron chi connectivity index (χ3n) is 0. The Balaban J connectivity index is -0.0000000300. The molecule has 0 aliphatic rings. The van der Waals surface area contributed by atoms with Crippen LogP contribution in [0, 0.1) is 0 Å². The zero-order valence-electron chi connectivity index (χ0n) is 5.07. The quantitative estimate of drug-likeness (QED) is 0.306. The van der Waals surface area contributed by atoms with Gasteiger partial charge in [0.2, 0.25) is 6.16 Å². The van der Waals surface area contributed by atoms with Crippen molar-refractivity contribution in [3.63, 3.8) is 0 Å². The van der Waals surface area contributed by atoms with Crippen molar-refractivity contribution in [3.05, 3.63) is 0 Å². The standard InChI is InChI=1S/2CH2O3.Na.H2O/c2*2-1(3)4;;/h2*(H2,2,3,4);;1H2/q;;+1;/p-1. The molecule has 10 heavy (non-hydrogen) atoms. The summed E-state index contributed by atoms with van der Waals surface area (Å²) < 4.78 is 0. The van der Waals surface area contributed by atoms with Gasteiger partial charge in [-0.25, -0.2) is 4.79 Å². The fourth-order valence-corrected chi connectivity index (χ4v) is 0. The van der Waals surface area contributed by atoms with Crippen molar-refractivity contribution in [2.75, 3.05) is 0 Å². The summed E-state index contributed by atoms with van der Waals surface area (Å²) in [4.78, 5) is 17.0. The largest absolute Gasteiger partial charge is 1.00 e. The summed E-state index contributed by atoms with van der Waals surface area (Å²) in [6.45, 7) is 0. The molecule has 5 N–H and O–H groups in total. The van der Waals surface area contributed by atoms with Crippen LogP contribution >= 0.6 is 0 Å². The van der Waals surface area contributed by atoms with Crippen LogP contribution in [0.5, 0.6) is 0 Å². The molecule has 0 heterocycles. The van der Waals surface area contributed by atoms with Gasteiger partial charge in [0.25, 0.3) is 0 Å². The van der Waals surface area contributed by atoms with Crippen molar-refractivity contribution in [1.82, 2.24) is 0 Å². The molecular weight excluding hydrogens is 159 g/mol. The van der Waals surface area contributed by atoms with Crippen LogP contribution in [0.4, 0.5) is 9.59 Å². The Morgan fingerprint density at radius 1 is 1.10 bits per heavy atom. The predicted octanol–water partition coefficient (Wildman–Crippen LogP) is -4.71. The van der Waals surface area contributed by atoms with Gasteiger partial charge in [-0.05, 0) is 0 Å². The van der Waals surface area contributed by atoms with Gasteiger partial charge in [-0.15, -0.1) is 0 Å². The normalized spacial score (nSPS) is 4.80. The Bertz CT molecular complexity index is 69.6. The summed E-state index contributed by atoms with van der Waals surface area (Å²) in [6, 6.07) is 0. The molecule has 0 unspecified atom stereocenters. The molecule has 0 radical (unpaired) electrons.